The maximum atomic E-state index is 13.0. The van der Waals surface area contributed by atoms with Crippen molar-refractivity contribution in [3.8, 4) is 0 Å². The van der Waals surface area contributed by atoms with Crippen LogP contribution in [0.2, 0.25) is 0 Å². The topological polar surface area (TPSA) is 40.4 Å². The number of rotatable bonds is 5. The van der Waals surface area contributed by atoms with Gasteiger partial charge in [-0.25, -0.2) is 4.79 Å². The number of hydrogen-bond donors (Lipinski definition) is 0. The van der Waals surface area contributed by atoms with Crippen LogP contribution in [0.25, 0.3) is 0 Å². The van der Waals surface area contributed by atoms with Gasteiger partial charge in [-0.1, -0.05) is 38.0 Å². The number of imide groups is 1. The summed E-state index contributed by atoms with van der Waals surface area (Å²) >= 11 is 0. The Labute approximate surface area is 138 Å². The van der Waals surface area contributed by atoms with E-state index in [1.165, 1.54) is 6.42 Å². The Morgan fingerprint density at radius 3 is 2.65 bits per heavy atom. The monoisotopic (exact) mass is 315 g/mol. The van der Waals surface area contributed by atoms with Crippen molar-refractivity contribution < 1.29 is 14.2 Å². The fourth-order valence-corrected chi connectivity index (χ4v) is 3.90. The van der Waals surface area contributed by atoms with Gasteiger partial charge in [-0.15, -0.1) is 0 Å². The van der Waals surface area contributed by atoms with Crippen LogP contribution in [0.15, 0.2) is 24.3 Å². The lowest BCUT2D eigenvalue weighted by molar-refractivity contribution is -0.441. The van der Waals surface area contributed by atoms with Crippen molar-refractivity contribution in [1.29, 1.82) is 0 Å². The zero-order chi connectivity index (χ0) is 16.2. The molecule has 1 unspecified atom stereocenters. The van der Waals surface area contributed by atoms with Crippen LogP contribution >= 0.6 is 0 Å². The van der Waals surface area contributed by atoms with E-state index < -0.39 is 0 Å². The fraction of sp³-hybridized carbons (Fsp3) is 0.632. The highest BCUT2D eigenvalue weighted by atomic mass is 16.2. The first-order valence-electron chi connectivity index (χ1n) is 9.10. The van der Waals surface area contributed by atoms with E-state index in [9.17, 15) is 9.59 Å². The predicted molar refractivity (Wildman–Crippen MR) is 90.5 cm³/mol. The minimum atomic E-state index is -0.277. The number of carbonyl (C=O) groups excluding carboxylic acids is 2. The highest BCUT2D eigenvalue weighted by molar-refractivity contribution is 6.16. The Hall–Kier alpha value is -1.71. The number of fused-ring (bicyclic) bond motifs is 1. The van der Waals surface area contributed by atoms with Gasteiger partial charge in [0.25, 0.3) is 0 Å². The molecule has 0 N–H and O–H groups in total. The molecule has 23 heavy (non-hydrogen) atoms. The molecule has 3 amide bonds. The molecule has 0 aromatic heterocycles. The molecule has 0 saturated heterocycles. The molecule has 0 aromatic rings. The van der Waals surface area contributed by atoms with Crippen molar-refractivity contribution in [2.24, 2.45) is 5.92 Å². The third kappa shape index (κ3) is 3.17. The first-order valence-corrected chi connectivity index (χ1v) is 9.10. The van der Waals surface area contributed by atoms with Gasteiger partial charge in [0, 0.05) is 0 Å². The molecular formula is C19H27N2O2+. The summed E-state index contributed by atoms with van der Waals surface area (Å²) < 4.78 is 1.86. The molecule has 0 aromatic carbocycles. The standard InChI is InChI=1S/C19H27N2O2/c1-2-3-9-14-20-17-13-8-7-12-16(17)18(22)21(19(20)23)15-10-5-4-6-11-15/h7-8,12-13,15-16H,2-6,9-11,14H2,1H3/q+1. The number of unbranched alkanes of at least 4 members (excludes halogenated alkanes) is 2. The van der Waals surface area contributed by atoms with Crippen LogP contribution in [0.5, 0.6) is 0 Å². The average Bonchev–Trinajstić information content (AvgIpc) is 2.59. The molecule has 3 aliphatic rings. The van der Waals surface area contributed by atoms with Crippen molar-refractivity contribution in [1.82, 2.24) is 4.90 Å². The molecule has 4 nitrogen and oxygen atoms in total. The molecule has 1 atom stereocenters. The van der Waals surface area contributed by atoms with Gasteiger partial charge in [-0.3, -0.25) is 0 Å². The van der Waals surface area contributed by atoms with Gasteiger partial charge in [-0.05, 0) is 44.6 Å². The van der Waals surface area contributed by atoms with E-state index in [0.717, 1.165) is 50.7 Å². The summed E-state index contributed by atoms with van der Waals surface area (Å²) in [6, 6.07) is 0.00230. The third-order valence-corrected chi connectivity index (χ3v) is 5.18. The lowest BCUT2D eigenvalue weighted by Gasteiger charge is -2.33. The Balaban J connectivity index is 1.90. The second-order valence-electron chi connectivity index (χ2n) is 6.79. The number of urea groups is 1. The summed E-state index contributed by atoms with van der Waals surface area (Å²) in [6.07, 6.45) is 16.3. The van der Waals surface area contributed by atoms with Crippen LogP contribution < -0.4 is 0 Å². The SMILES string of the molecule is CCCCC[N+]1=C2C=CC=CC2C(=O)N(C2CCCCC2)C1=O. The van der Waals surface area contributed by atoms with Gasteiger partial charge in [0.15, 0.2) is 0 Å². The van der Waals surface area contributed by atoms with E-state index in [1.807, 2.05) is 28.9 Å². The second-order valence-corrected chi connectivity index (χ2v) is 6.79. The van der Waals surface area contributed by atoms with Crippen molar-refractivity contribution in [2.45, 2.75) is 64.3 Å². The first kappa shape index (κ1) is 16.2. The zero-order valence-electron chi connectivity index (χ0n) is 14.0. The summed E-state index contributed by atoms with van der Waals surface area (Å²) in [5.41, 5.74) is 0.866. The Morgan fingerprint density at radius 1 is 1.13 bits per heavy atom. The highest BCUT2D eigenvalue weighted by Crippen LogP contribution is 2.28. The third-order valence-electron chi connectivity index (χ3n) is 5.18. The maximum Gasteiger partial charge on any atom is 0.501 e. The molecular weight excluding hydrogens is 288 g/mol. The van der Waals surface area contributed by atoms with Crippen LogP contribution in [0.3, 0.4) is 0 Å². The van der Waals surface area contributed by atoms with Crippen molar-refractivity contribution in [2.75, 3.05) is 6.54 Å². The zero-order valence-corrected chi connectivity index (χ0v) is 14.0. The predicted octanol–water partition coefficient (Wildman–Crippen LogP) is 3.67. The minimum Gasteiger partial charge on any atom is -0.245 e. The first-order chi connectivity index (χ1) is 11.2. The van der Waals surface area contributed by atoms with Gasteiger partial charge in [-0.2, -0.15) is 14.3 Å². The molecule has 0 radical (unpaired) electrons. The largest absolute Gasteiger partial charge is 0.501 e. The summed E-state index contributed by atoms with van der Waals surface area (Å²) in [7, 11) is 0. The highest BCUT2D eigenvalue weighted by Gasteiger charge is 2.49. The van der Waals surface area contributed by atoms with E-state index in [2.05, 4.69) is 6.92 Å². The van der Waals surface area contributed by atoms with E-state index in [0.29, 0.717) is 6.54 Å². The van der Waals surface area contributed by atoms with Crippen LogP contribution in [0.1, 0.15) is 58.3 Å². The Kier molecular flexibility index (Phi) is 5.09. The summed E-state index contributed by atoms with van der Waals surface area (Å²) in [4.78, 5) is 27.5. The molecule has 1 saturated carbocycles. The average molecular weight is 315 g/mol. The number of hydrogen-bond acceptors (Lipinski definition) is 2. The van der Waals surface area contributed by atoms with Gasteiger partial charge in [0.2, 0.25) is 0 Å². The fourth-order valence-electron chi connectivity index (χ4n) is 3.90. The number of amides is 3. The lowest BCUT2D eigenvalue weighted by atomic mass is 9.90. The molecule has 2 aliphatic carbocycles. The molecule has 3 rings (SSSR count). The Bertz CT molecular complexity index is 568. The second kappa shape index (κ2) is 7.24. The van der Waals surface area contributed by atoms with Gasteiger partial charge < -0.3 is 0 Å². The molecule has 4 heteroatoms. The van der Waals surface area contributed by atoms with Crippen LogP contribution in [0.4, 0.5) is 4.79 Å². The number of nitrogens with zero attached hydrogens (tertiary/aromatic N) is 2. The molecule has 1 heterocycles. The van der Waals surface area contributed by atoms with Gasteiger partial charge in [0.1, 0.15) is 17.7 Å². The van der Waals surface area contributed by atoms with Crippen molar-refractivity contribution >= 4 is 17.6 Å². The smallest absolute Gasteiger partial charge is 0.245 e. The van der Waals surface area contributed by atoms with Gasteiger partial charge in [0.05, 0.1) is 6.54 Å². The van der Waals surface area contributed by atoms with E-state index in [-0.39, 0.29) is 23.9 Å². The van der Waals surface area contributed by atoms with Crippen LogP contribution in [-0.2, 0) is 4.79 Å². The summed E-state index contributed by atoms with van der Waals surface area (Å²) in [6.45, 7) is 2.88. The normalized spacial score (nSPS) is 25.3. The molecule has 1 aliphatic heterocycles. The van der Waals surface area contributed by atoms with E-state index in [4.69, 9.17) is 0 Å². The molecule has 1 fully saturated rings. The van der Waals surface area contributed by atoms with Crippen LogP contribution in [0, 0.1) is 5.92 Å². The van der Waals surface area contributed by atoms with E-state index in [1.54, 1.807) is 4.90 Å². The Morgan fingerprint density at radius 2 is 1.91 bits per heavy atom. The summed E-state index contributed by atoms with van der Waals surface area (Å²) in [5.74, 6) is -0.300. The maximum absolute atomic E-state index is 13.0. The van der Waals surface area contributed by atoms with Crippen molar-refractivity contribution in [3.63, 3.8) is 0 Å². The minimum absolute atomic E-state index is 0.0239. The number of carbonyl (C=O) groups is 2. The van der Waals surface area contributed by atoms with Crippen molar-refractivity contribution in [3.05, 3.63) is 24.3 Å². The molecule has 0 spiro atoms. The molecule has 124 valence electrons. The number of allylic oxidation sites excluding steroid dienone is 3. The van der Waals surface area contributed by atoms with E-state index >= 15 is 0 Å². The van der Waals surface area contributed by atoms with Crippen LogP contribution in [-0.4, -0.2) is 39.7 Å². The lowest BCUT2D eigenvalue weighted by Crippen LogP contribution is -2.58. The summed E-state index contributed by atoms with van der Waals surface area (Å²) in [5, 5.41) is 0. The quantitative estimate of drug-likeness (QED) is 0.574. The van der Waals surface area contributed by atoms with Gasteiger partial charge >= 0.3 is 11.9 Å². The molecule has 0 bridgehead atoms.